The van der Waals surface area contributed by atoms with Crippen LogP contribution in [0.15, 0.2) is 50.0 Å². The number of rotatable bonds is 3. The van der Waals surface area contributed by atoms with Crippen LogP contribution in [-0.4, -0.2) is 18.7 Å². The molecule has 3 heterocycles. The Hall–Kier alpha value is -3.02. The van der Waals surface area contributed by atoms with Crippen molar-refractivity contribution in [2.75, 3.05) is 6.61 Å². The minimum atomic E-state index is -0.991. The number of carbonyl (C=O) groups excluding carboxylic acids is 1. The summed E-state index contributed by atoms with van der Waals surface area (Å²) in [5.41, 5.74) is 0.149. The molecule has 2 unspecified atom stereocenters. The number of fused-ring (bicyclic) bond motifs is 3. The summed E-state index contributed by atoms with van der Waals surface area (Å²) in [6.45, 7) is 3.73. The highest BCUT2D eigenvalue weighted by Gasteiger charge is 2.46. The van der Waals surface area contributed by atoms with Crippen molar-refractivity contribution in [1.82, 2.24) is 0 Å². The molecule has 0 saturated heterocycles. The summed E-state index contributed by atoms with van der Waals surface area (Å²) in [6.07, 6.45) is -0.991. The van der Waals surface area contributed by atoms with E-state index in [1.165, 1.54) is 0 Å². The smallest absolute Gasteiger partial charge is 0.348 e. The molecule has 3 aromatic rings. The van der Waals surface area contributed by atoms with Crippen LogP contribution in [0.25, 0.3) is 11.0 Å². The molecule has 1 aromatic carbocycles. The van der Waals surface area contributed by atoms with Crippen molar-refractivity contribution < 1.29 is 23.1 Å². The maximum Gasteiger partial charge on any atom is 0.348 e. The summed E-state index contributed by atoms with van der Waals surface area (Å²) in [5.74, 6) is 0.252. The van der Waals surface area contributed by atoms with Gasteiger partial charge in [-0.2, -0.15) is 0 Å². The van der Waals surface area contributed by atoms with Crippen molar-refractivity contribution in [2.24, 2.45) is 0 Å². The van der Waals surface area contributed by atoms with Crippen molar-refractivity contribution >= 4 is 16.9 Å². The Morgan fingerprint density at radius 3 is 2.68 bits per heavy atom. The Labute approximate surface area is 143 Å². The first-order valence-corrected chi connectivity index (χ1v) is 8.05. The lowest BCUT2D eigenvalue weighted by Crippen LogP contribution is -2.32. The number of benzene rings is 1. The van der Waals surface area contributed by atoms with Crippen LogP contribution < -0.4 is 10.4 Å². The van der Waals surface area contributed by atoms with Gasteiger partial charge in [-0.25, -0.2) is 9.59 Å². The van der Waals surface area contributed by atoms with Crippen LogP contribution in [0.1, 0.15) is 29.9 Å². The summed E-state index contributed by atoms with van der Waals surface area (Å²) in [6, 6.07) is 10.6. The second-order valence-electron chi connectivity index (χ2n) is 5.85. The van der Waals surface area contributed by atoms with Gasteiger partial charge < -0.3 is 18.3 Å². The van der Waals surface area contributed by atoms with E-state index in [0.717, 1.165) is 0 Å². The fraction of sp³-hybridized carbons (Fsp3) is 0.263. The molecular formula is C19H16O6. The summed E-state index contributed by atoms with van der Waals surface area (Å²) >= 11 is 0. The van der Waals surface area contributed by atoms with E-state index >= 15 is 0 Å². The van der Waals surface area contributed by atoms with Gasteiger partial charge in [0.1, 0.15) is 28.8 Å². The van der Waals surface area contributed by atoms with Gasteiger partial charge in [0, 0.05) is 0 Å². The normalized spacial score (nSPS) is 18.8. The number of esters is 1. The van der Waals surface area contributed by atoms with Crippen LogP contribution in [0.2, 0.25) is 0 Å². The van der Waals surface area contributed by atoms with Gasteiger partial charge >= 0.3 is 11.6 Å². The average molecular weight is 340 g/mol. The van der Waals surface area contributed by atoms with Gasteiger partial charge in [0.25, 0.3) is 0 Å². The molecule has 1 aliphatic rings. The number of para-hydroxylation sites is 1. The van der Waals surface area contributed by atoms with Crippen LogP contribution in [0.5, 0.6) is 5.75 Å². The van der Waals surface area contributed by atoms with Crippen molar-refractivity contribution in [3.05, 3.63) is 63.9 Å². The average Bonchev–Trinajstić information content (AvgIpc) is 3.19. The highest BCUT2D eigenvalue weighted by Crippen LogP contribution is 2.44. The number of ether oxygens (including phenoxy) is 2. The van der Waals surface area contributed by atoms with Gasteiger partial charge in [-0.1, -0.05) is 12.1 Å². The van der Waals surface area contributed by atoms with E-state index in [1.807, 2.05) is 6.07 Å². The van der Waals surface area contributed by atoms with Gasteiger partial charge in [0.05, 0.1) is 17.6 Å². The lowest BCUT2D eigenvalue weighted by molar-refractivity contribution is -0.151. The Morgan fingerprint density at radius 1 is 1.16 bits per heavy atom. The molecule has 0 radical (unpaired) electrons. The molecule has 0 amide bonds. The van der Waals surface area contributed by atoms with Gasteiger partial charge in [-0.05, 0) is 38.1 Å². The number of hydrogen-bond acceptors (Lipinski definition) is 6. The molecule has 1 aliphatic heterocycles. The molecule has 6 heteroatoms. The van der Waals surface area contributed by atoms with E-state index in [9.17, 15) is 9.59 Å². The van der Waals surface area contributed by atoms with Crippen LogP contribution in [-0.2, 0) is 9.53 Å². The van der Waals surface area contributed by atoms with Gasteiger partial charge in [0.2, 0.25) is 6.10 Å². The monoisotopic (exact) mass is 340 g/mol. The summed E-state index contributed by atoms with van der Waals surface area (Å²) < 4.78 is 22.1. The van der Waals surface area contributed by atoms with E-state index in [-0.39, 0.29) is 12.2 Å². The molecule has 0 N–H and O–H groups in total. The van der Waals surface area contributed by atoms with Crippen molar-refractivity contribution in [1.29, 1.82) is 0 Å². The highest BCUT2D eigenvalue weighted by atomic mass is 16.6. The zero-order valence-electron chi connectivity index (χ0n) is 13.8. The predicted octanol–water partition coefficient (Wildman–Crippen LogP) is 3.15. The Balaban J connectivity index is 1.95. The van der Waals surface area contributed by atoms with Crippen molar-refractivity contribution in [2.45, 2.75) is 25.9 Å². The molecule has 2 aromatic heterocycles. The third kappa shape index (κ3) is 2.41. The standard InChI is InChI=1S/C19H16O6/c1-3-22-19(21)17-14(13-9-8-10(2)23-13)15-16(25-17)11-6-4-5-7-12(11)24-18(15)20/h4-9,14,17H,3H2,1-2H3. The molecule has 4 rings (SSSR count). The fourth-order valence-corrected chi connectivity index (χ4v) is 3.20. The Kier molecular flexibility index (Phi) is 3.60. The lowest BCUT2D eigenvalue weighted by Gasteiger charge is -2.15. The lowest BCUT2D eigenvalue weighted by atomic mass is 9.93. The van der Waals surface area contributed by atoms with Gasteiger partial charge in [0.15, 0.2) is 0 Å². The number of hydrogen-bond donors (Lipinski definition) is 0. The van der Waals surface area contributed by atoms with Crippen LogP contribution in [0.4, 0.5) is 0 Å². The molecule has 128 valence electrons. The Morgan fingerprint density at radius 2 is 1.96 bits per heavy atom. The summed E-state index contributed by atoms with van der Waals surface area (Å²) in [5, 5.41) is 0.636. The third-order valence-corrected chi connectivity index (χ3v) is 4.24. The quantitative estimate of drug-likeness (QED) is 0.538. The van der Waals surface area contributed by atoms with Crippen molar-refractivity contribution in [3.8, 4) is 5.75 Å². The zero-order chi connectivity index (χ0) is 17.6. The number of carbonyl (C=O) groups is 1. The highest BCUT2D eigenvalue weighted by molar-refractivity contribution is 5.88. The largest absolute Gasteiger partial charge is 0.476 e. The van der Waals surface area contributed by atoms with Crippen LogP contribution in [0.3, 0.4) is 0 Å². The van der Waals surface area contributed by atoms with E-state index < -0.39 is 23.6 Å². The Bertz CT molecular complexity index is 1010. The maximum atomic E-state index is 12.6. The molecule has 0 fully saturated rings. The molecule has 0 bridgehead atoms. The third-order valence-electron chi connectivity index (χ3n) is 4.24. The molecule has 2 atom stereocenters. The van der Waals surface area contributed by atoms with E-state index in [0.29, 0.717) is 28.2 Å². The minimum absolute atomic E-state index is 0.217. The topological polar surface area (TPSA) is 78.9 Å². The first-order chi connectivity index (χ1) is 12.1. The SMILES string of the molecule is CCOC(=O)C1Oc2c(c(=O)oc3ccccc23)C1c1ccc(C)o1. The number of furan rings is 1. The van der Waals surface area contributed by atoms with Crippen molar-refractivity contribution in [3.63, 3.8) is 0 Å². The molecule has 6 nitrogen and oxygen atoms in total. The zero-order valence-corrected chi connectivity index (χ0v) is 13.8. The van der Waals surface area contributed by atoms with E-state index in [2.05, 4.69) is 0 Å². The van der Waals surface area contributed by atoms with E-state index in [1.54, 1.807) is 44.2 Å². The fourth-order valence-electron chi connectivity index (χ4n) is 3.20. The summed E-state index contributed by atoms with van der Waals surface area (Å²) in [7, 11) is 0. The molecule has 0 saturated carbocycles. The van der Waals surface area contributed by atoms with Gasteiger partial charge in [-0.15, -0.1) is 0 Å². The predicted molar refractivity (Wildman–Crippen MR) is 88.8 cm³/mol. The molecular weight excluding hydrogens is 324 g/mol. The second-order valence-corrected chi connectivity index (χ2v) is 5.85. The molecule has 25 heavy (non-hydrogen) atoms. The second kappa shape index (κ2) is 5.81. The first kappa shape index (κ1) is 15.5. The number of aryl methyl sites for hydroxylation is 1. The van der Waals surface area contributed by atoms with Crippen LogP contribution in [0, 0.1) is 6.92 Å². The van der Waals surface area contributed by atoms with Gasteiger partial charge in [-0.3, -0.25) is 0 Å². The molecule has 0 aliphatic carbocycles. The summed E-state index contributed by atoms with van der Waals surface area (Å²) in [4.78, 5) is 25.0. The molecule has 0 spiro atoms. The first-order valence-electron chi connectivity index (χ1n) is 8.05. The minimum Gasteiger partial charge on any atom is -0.476 e. The van der Waals surface area contributed by atoms with Crippen LogP contribution >= 0.6 is 0 Å². The van der Waals surface area contributed by atoms with E-state index in [4.69, 9.17) is 18.3 Å². The maximum absolute atomic E-state index is 12.6.